The SMILES string of the molecule is CC.CC(=O)N(OC(=O)CC[C@H](NC(=O)C(NC(=O)OCC1c2ccccc2-c2ccccc21)C(C)C)C(=O)OC(C)(C)C)C(C)=O. The van der Waals surface area contributed by atoms with Crippen LogP contribution in [0, 0.1) is 5.92 Å². The molecule has 2 aromatic carbocycles. The number of nitrogens with one attached hydrogen (secondary N) is 2. The minimum absolute atomic E-state index is 0.0481. The average molecular weight is 654 g/mol. The van der Waals surface area contributed by atoms with Crippen molar-refractivity contribution in [1.29, 1.82) is 0 Å². The van der Waals surface area contributed by atoms with Crippen LogP contribution in [0.3, 0.4) is 0 Å². The maximum absolute atomic E-state index is 13.4. The van der Waals surface area contributed by atoms with Gasteiger partial charge >= 0.3 is 18.0 Å². The third-order valence-corrected chi connectivity index (χ3v) is 6.98. The fourth-order valence-corrected chi connectivity index (χ4v) is 4.95. The first kappa shape index (κ1) is 38.4. The summed E-state index contributed by atoms with van der Waals surface area (Å²) in [6.45, 7) is 14.5. The van der Waals surface area contributed by atoms with E-state index in [1.807, 2.05) is 62.4 Å². The molecule has 0 radical (unpaired) electrons. The van der Waals surface area contributed by atoms with Gasteiger partial charge in [0.25, 0.3) is 11.8 Å². The number of hydroxylamine groups is 2. The number of carbonyl (C=O) groups is 6. The highest BCUT2D eigenvalue weighted by Gasteiger charge is 2.34. The maximum Gasteiger partial charge on any atom is 0.407 e. The second kappa shape index (κ2) is 17.3. The van der Waals surface area contributed by atoms with Gasteiger partial charge in [-0.05, 0) is 55.4 Å². The molecule has 3 rings (SSSR count). The molecule has 0 aromatic heterocycles. The maximum atomic E-state index is 13.4. The molecule has 0 bridgehead atoms. The van der Waals surface area contributed by atoms with Crippen LogP contribution in [-0.4, -0.2) is 65.1 Å². The van der Waals surface area contributed by atoms with E-state index in [4.69, 9.17) is 14.3 Å². The van der Waals surface area contributed by atoms with Crippen molar-refractivity contribution in [3.63, 3.8) is 0 Å². The smallest absolute Gasteiger partial charge is 0.407 e. The lowest BCUT2D eigenvalue weighted by Gasteiger charge is -2.27. The van der Waals surface area contributed by atoms with Crippen LogP contribution >= 0.6 is 0 Å². The number of carbonyl (C=O) groups excluding carboxylic acids is 6. The lowest BCUT2D eigenvalue weighted by Crippen LogP contribution is -2.54. The zero-order valence-corrected chi connectivity index (χ0v) is 28.7. The number of fused-ring (bicyclic) bond motifs is 3. The van der Waals surface area contributed by atoms with Gasteiger partial charge in [-0.3, -0.25) is 14.4 Å². The number of hydrogen-bond acceptors (Lipinski definition) is 9. The Kier molecular flexibility index (Phi) is 14.1. The number of imide groups is 1. The van der Waals surface area contributed by atoms with E-state index < -0.39 is 65.8 Å². The number of rotatable bonds is 10. The van der Waals surface area contributed by atoms with E-state index in [0.29, 0.717) is 5.06 Å². The van der Waals surface area contributed by atoms with Crippen molar-refractivity contribution in [3.05, 3.63) is 59.7 Å². The van der Waals surface area contributed by atoms with Crippen LogP contribution < -0.4 is 10.6 Å². The van der Waals surface area contributed by atoms with Crippen molar-refractivity contribution in [3.8, 4) is 11.1 Å². The Morgan fingerprint density at radius 3 is 1.81 bits per heavy atom. The molecule has 2 atom stereocenters. The summed E-state index contributed by atoms with van der Waals surface area (Å²) in [5, 5.41) is 5.46. The van der Waals surface area contributed by atoms with Crippen molar-refractivity contribution < 1.29 is 43.1 Å². The summed E-state index contributed by atoms with van der Waals surface area (Å²) >= 11 is 0. The third kappa shape index (κ3) is 10.9. The van der Waals surface area contributed by atoms with Gasteiger partial charge in [-0.1, -0.05) is 76.2 Å². The highest BCUT2D eigenvalue weighted by Crippen LogP contribution is 2.44. The normalized spacial score (nSPS) is 13.1. The number of hydrogen-bond donors (Lipinski definition) is 2. The van der Waals surface area contributed by atoms with Gasteiger partial charge < -0.3 is 24.9 Å². The standard InChI is InChI=1S/C33H41N3O9.C2H6/c1-19(2)29(35-32(42)43-18-26-24-14-10-8-12-22(24)23-13-9-11-15-25(23)26)30(40)34-27(31(41)44-33(5,6)7)16-17-28(39)45-36(20(3)37)21(4)38;1-2/h8-15,19,26-27,29H,16-18H2,1-7H3,(H,34,40)(H,35,42);1-2H3/t27-,29?;/m0./s1. The summed E-state index contributed by atoms with van der Waals surface area (Å²) in [5.74, 6) is -4.67. The second-order valence-electron chi connectivity index (χ2n) is 12.1. The summed E-state index contributed by atoms with van der Waals surface area (Å²) in [6, 6.07) is 13.4. The summed E-state index contributed by atoms with van der Waals surface area (Å²) in [7, 11) is 0. The Morgan fingerprint density at radius 2 is 1.34 bits per heavy atom. The highest BCUT2D eigenvalue weighted by molar-refractivity contribution is 5.93. The number of nitrogens with zero attached hydrogens (tertiary/aromatic N) is 1. The van der Waals surface area contributed by atoms with Crippen LogP contribution in [0.1, 0.15) is 92.2 Å². The van der Waals surface area contributed by atoms with Crippen molar-refractivity contribution in [2.75, 3.05) is 6.61 Å². The van der Waals surface area contributed by atoms with Crippen LogP contribution in [0.25, 0.3) is 11.1 Å². The fourth-order valence-electron chi connectivity index (χ4n) is 4.95. The van der Waals surface area contributed by atoms with Gasteiger partial charge in [-0.15, -0.1) is 5.06 Å². The predicted molar refractivity (Wildman–Crippen MR) is 174 cm³/mol. The summed E-state index contributed by atoms with van der Waals surface area (Å²) in [5.41, 5.74) is 3.33. The van der Waals surface area contributed by atoms with E-state index in [9.17, 15) is 28.8 Å². The Balaban J connectivity index is 0.00000376. The van der Waals surface area contributed by atoms with Gasteiger partial charge in [0, 0.05) is 19.8 Å². The second-order valence-corrected chi connectivity index (χ2v) is 12.1. The highest BCUT2D eigenvalue weighted by atomic mass is 16.7. The van der Waals surface area contributed by atoms with Crippen molar-refractivity contribution in [2.24, 2.45) is 5.92 Å². The summed E-state index contributed by atoms with van der Waals surface area (Å²) in [4.78, 5) is 79.7. The molecular formula is C35H47N3O9. The Labute approximate surface area is 276 Å². The van der Waals surface area contributed by atoms with E-state index in [1.54, 1.807) is 34.6 Å². The molecule has 0 fully saturated rings. The first-order chi connectivity index (χ1) is 22.1. The van der Waals surface area contributed by atoms with E-state index in [-0.39, 0.29) is 18.9 Å². The Bertz CT molecular complexity index is 1390. The number of amides is 4. The molecule has 0 heterocycles. The number of alkyl carbamates (subject to hydrolysis) is 1. The van der Waals surface area contributed by atoms with Gasteiger partial charge in [0.15, 0.2) is 0 Å². The molecule has 1 aliphatic rings. The minimum Gasteiger partial charge on any atom is -0.458 e. The third-order valence-electron chi connectivity index (χ3n) is 6.98. The zero-order valence-electron chi connectivity index (χ0n) is 28.7. The molecule has 256 valence electrons. The van der Waals surface area contributed by atoms with E-state index in [0.717, 1.165) is 36.1 Å². The van der Waals surface area contributed by atoms with Gasteiger partial charge in [0.1, 0.15) is 24.3 Å². The van der Waals surface area contributed by atoms with Crippen molar-refractivity contribution >= 4 is 35.8 Å². The monoisotopic (exact) mass is 653 g/mol. The van der Waals surface area contributed by atoms with Gasteiger partial charge in [-0.25, -0.2) is 14.4 Å². The fraction of sp³-hybridized carbons (Fsp3) is 0.486. The van der Waals surface area contributed by atoms with Crippen LogP contribution in [-0.2, 0) is 38.3 Å². The molecule has 4 amide bonds. The summed E-state index contributed by atoms with van der Waals surface area (Å²) in [6.07, 6.45) is -1.51. The van der Waals surface area contributed by atoms with Crippen LogP contribution in [0.4, 0.5) is 4.79 Å². The van der Waals surface area contributed by atoms with Gasteiger partial charge in [0.2, 0.25) is 5.91 Å². The topological polar surface area (TPSA) is 157 Å². The molecule has 1 aliphatic carbocycles. The van der Waals surface area contributed by atoms with E-state index in [1.165, 1.54) is 0 Å². The number of benzene rings is 2. The Hall–Kier alpha value is -4.74. The van der Waals surface area contributed by atoms with E-state index >= 15 is 0 Å². The predicted octanol–water partition coefficient (Wildman–Crippen LogP) is 5.04. The average Bonchev–Trinajstić information content (AvgIpc) is 3.32. The largest absolute Gasteiger partial charge is 0.458 e. The first-order valence-corrected chi connectivity index (χ1v) is 15.8. The molecule has 0 saturated heterocycles. The number of esters is 1. The van der Waals surface area contributed by atoms with Crippen LogP contribution in [0.15, 0.2) is 48.5 Å². The molecule has 0 saturated carbocycles. The molecular weight excluding hydrogens is 606 g/mol. The van der Waals surface area contributed by atoms with Crippen molar-refractivity contribution in [2.45, 2.75) is 98.8 Å². The minimum atomic E-state index is -1.31. The molecule has 2 N–H and O–H groups in total. The van der Waals surface area contributed by atoms with Crippen molar-refractivity contribution in [1.82, 2.24) is 15.7 Å². The molecule has 1 unspecified atom stereocenters. The lowest BCUT2D eigenvalue weighted by atomic mass is 9.98. The molecule has 12 nitrogen and oxygen atoms in total. The molecule has 0 aliphatic heterocycles. The molecule has 2 aromatic rings. The molecule has 47 heavy (non-hydrogen) atoms. The lowest BCUT2D eigenvalue weighted by molar-refractivity contribution is -0.200. The number of ether oxygens (including phenoxy) is 2. The summed E-state index contributed by atoms with van der Waals surface area (Å²) < 4.78 is 11.0. The quantitative estimate of drug-likeness (QED) is 0.265. The Morgan fingerprint density at radius 1 is 0.830 bits per heavy atom. The van der Waals surface area contributed by atoms with Crippen LogP contribution in [0.5, 0.6) is 0 Å². The van der Waals surface area contributed by atoms with Gasteiger partial charge in [0.05, 0.1) is 6.42 Å². The van der Waals surface area contributed by atoms with Gasteiger partial charge in [-0.2, -0.15) is 0 Å². The first-order valence-electron chi connectivity index (χ1n) is 15.8. The van der Waals surface area contributed by atoms with E-state index in [2.05, 4.69) is 10.6 Å². The molecule has 0 spiro atoms. The molecule has 12 heteroatoms. The zero-order chi connectivity index (χ0) is 35.5. The van der Waals surface area contributed by atoms with Crippen LogP contribution in [0.2, 0.25) is 0 Å².